The Hall–Kier alpha value is -1.62. The number of amides is 1. The van der Waals surface area contributed by atoms with Gasteiger partial charge in [0.05, 0.1) is 0 Å². The van der Waals surface area contributed by atoms with E-state index in [1.807, 2.05) is 0 Å². The summed E-state index contributed by atoms with van der Waals surface area (Å²) in [5, 5.41) is 10.2. The van der Waals surface area contributed by atoms with E-state index < -0.39 is 17.9 Å². The first-order valence-corrected chi connectivity index (χ1v) is 6.24. The van der Waals surface area contributed by atoms with E-state index >= 15 is 0 Å². The number of benzene rings is 1. The van der Waals surface area contributed by atoms with Crippen LogP contribution < -0.4 is 0 Å². The van der Waals surface area contributed by atoms with Gasteiger partial charge in [-0.05, 0) is 38.8 Å². The first-order chi connectivity index (χ1) is 8.79. The monoisotopic (exact) mass is 267 g/mol. The van der Waals surface area contributed by atoms with Crippen LogP contribution in [0.5, 0.6) is 0 Å². The highest BCUT2D eigenvalue weighted by atomic mass is 19.1. The molecule has 1 aliphatic heterocycles. The third-order valence-corrected chi connectivity index (χ3v) is 2.96. The largest absolute Gasteiger partial charge is 0.444 e. The molecule has 1 aromatic rings. The number of aliphatic hydroxyl groups excluding tert-OH is 1. The van der Waals surface area contributed by atoms with Crippen molar-refractivity contribution in [2.45, 2.75) is 39.0 Å². The molecule has 1 aliphatic rings. The molecule has 0 aromatic heterocycles. The Kier molecular flexibility index (Phi) is 3.49. The maximum Gasteiger partial charge on any atom is 0.412 e. The van der Waals surface area contributed by atoms with Gasteiger partial charge in [0.2, 0.25) is 0 Å². The maximum absolute atomic E-state index is 13.6. The number of hydrogen-bond donors (Lipinski definition) is 1. The van der Waals surface area contributed by atoms with Crippen molar-refractivity contribution in [1.82, 2.24) is 4.90 Å². The predicted octanol–water partition coefficient (Wildman–Crippen LogP) is 2.61. The lowest BCUT2D eigenvalue weighted by atomic mass is 9.98. The van der Waals surface area contributed by atoms with Gasteiger partial charge in [-0.25, -0.2) is 9.18 Å². The van der Waals surface area contributed by atoms with Crippen LogP contribution in [0.15, 0.2) is 18.2 Å². The number of halogens is 1. The fraction of sp³-hybridized carbons (Fsp3) is 0.500. The molecule has 2 rings (SSSR count). The van der Waals surface area contributed by atoms with Crippen molar-refractivity contribution in [2.24, 2.45) is 0 Å². The average molecular weight is 267 g/mol. The van der Waals surface area contributed by atoms with Crippen molar-refractivity contribution in [3.63, 3.8) is 0 Å². The SMILES string of the molecule is CC(C)(C)OC(=O)N1CCc2c(F)cccc2C1O. The second-order valence-corrected chi connectivity index (χ2v) is 5.61. The van der Waals surface area contributed by atoms with Gasteiger partial charge >= 0.3 is 6.09 Å². The van der Waals surface area contributed by atoms with Gasteiger partial charge in [0, 0.05) is 12.1 Å². The van der Waals surface area contributed by atoms with Gasteiger partial charge in [-0.3, -0.25) is 4.90 Å². The van der Waals surface area contributed by atoms with Gasteiger partial charge in [0.1, 0.15) is 11.4 Å². The first kappa shape index (κ1) is 13.8. The molecule has 19 heavy (non-hydrogen) atoms. The lowest BCUT2D eigenvalue weighted by Gasteiger charge is -2.35. The van der Waals surface area contributed by atoms with E-state index in [-0.39, 0.29) is 12.4 Å². The highest BCUT2D eigenvalue weighted by molar-refractivity contribution is 5.69. The van der Waals surface area contributed by atoms with Crippen LogP contribution in [0.4, 0.5) is 9.18 Å². The minimum Gasteiger partial charge on any atom is -0.444 e. The van der Waals surface area contributed by atoms with Crippen LogP contribution in [0.2, 0.25) is 0 Å². The molecule has 0 radical (unpaired) electrons. The van der Waals surface area contributed by atoms with Crippen LogP contribution in [-0.4, -0.2) is 28.2 Å². The molecule has 1 aromatic carbocycles. The van der Waals surface area contributed by atoms with Crippen LogP contribution in [0, 0.1) is 5.82 Å². The van der Waals surface area contributed by atoms with E-state index in [0.717, 1.165) is 0 Å². The standard InChI is InChI=1S/C14H18FNO3/c1-14(2,3)19-13(18)16-8-7-9-10(12(16)17)5-4-6-11(9)15/h4-6,12,17H,7-8H2,1-3H3. The lowest BCUT2D eigenvalue weighted by molar-refractivity contribution is -0.0361. The summed E-state index contributed by atoms with van der Waals surface area (Å²) in [6.07, 6.45) is -1.37. The average Bonchev–Trinajstić information content (AvgIpc) is 2.28. The zero-order valence-corrected chi connectivity index (χ0v) is 11.3. The summed E-state index contributed by atoms with van der Waals surface area (Å²) >= 11 is 0. The minimum absolute atomic E-state index is 0.240. The topological polar surface area (TPSA) is 49.8 Å². The molecule has 1 N–H and O–H groups in total. The van der Waals surface area contributed by atoms with Crippen LogP contribution in [0.1, 0.15) is 38.1 Å². The minimum atomic E-state index is -1.16. The van der Waals surface area contributed by atoms with E-state index in [4.69, 9.17) is 4.74 Å². The highest BCUT2D eigenvalue weighted by Crippen LogP contribution is 2.30. The smallest absolute Gasteiger partial charge is 0.412 e. The van der Waals surface area contributed by atoms with E-state index in [9.17, 15) is 14.3 Å². The van der Waals surface area contributed by atoms with Gasteiger partial charge in [-0.1, -0.05) is 12.1 Å². The molecule has 4 nitrogen and oxygen atoms in total. The van der Waals surface area contributed by atoms with E-state index in [0.29, 0.717) is 17.5 Å². The predicted molar refractivity (Wildman–Crippen MR) is 68.0 cm³/mol. The number of fused-ring (bicyclic) bond motifs is 1. The number of carbonyl (C=O) groups excluding carboxylic acids is 1. The summed E-state index contributed by atoms with van der Waals surface area (Å²) in [6.45, 7) is 5.52. The number of carbonyl (C=O) groups is 1. The highest BCUT2D eigenvalue weighted by Gasteiger charge is 2.33. The molecule has 1 heterocycles. The quantitative estimate of drug-likeness (QED) is 0.786. The van der Waals surface area contributed by atoms with Crippen molar-refractivity contribution in [2.75, 3.05) is 6.54 Å². The number of hydrogen-bond acceptors (Lipinski definition) is 3. The Morgan fingerprint density at radius 2 is 2.16 bits per heavy atom. The Morgan fingerprint density at radius 3 is 2.79 bits per heavy atom. The van der Waals surface area contributed by atoms with Crippen molar-refractivity contribution >= 4 is 6.09 Å². The zero-order chi connectivity index (χ0) is 14.2. The molecule has 0 fully saturated rings. The van der Waals surface area contributed by atoms with Crippen molar-refractivity contribution in [3.05, 3.63) is 35.1 Å². The normalized spacial score (nSPS) is 19.0. The zero-order valence-electron chi connectivity index (χ0n) is 11.3. The maximum atomic E-state index is 13.6. The van der Waals surface area contributed by atoms with Crippen molar-refractivity contribution in [1.29, 1.82) is 0 Å². The van der Waals surface area contributed by atoms with Crippen LogP contribution in [-0.2, 0) is 11.2 Å². The second kappa shape index (κ2) is 4.81. The fourth-order valence-electron chi connectivity index (χ4n) is 2.12. The van der Waals surface area contributed by atoms with E-state index in [1.54, 1.807) is 26.8 Å². The van der Waals surface area contributed by atoms with Crippen molar-refractivity contribution in [3.8, 4) is 0 Å². The third-order valence-electron chi connectivity index (χ3n) is 2.96. The van der Waals surface area contributed by atoms with Gasteiger partial charge in [-0.15, -0.1) is 0 Å². The molecule has 0 spiro atoms. The number of aliphatic hydroxyl groups is 1. The summed E-state index contributed by atoms with van der Waals surface area (Å²) in [7, 11) is 0. The van der Waals surface area contributed by atoms with Gasteiger partial charge in [0.15, 0.2) is 6.23 Å². The van der Waals surface area contributed by atoms with Gasteiger partial charge in [0.25, 0.3) is 0 Å². The van der Waals surface area contributed by atoms with E-state index in [2.05, 4.69) is 0 Å². The molecule has 1 amide bonds. The van der Waals surface area contributed by atoms with Gasteiger partial charge < -0.3 is 9.84 Å². The van der Waals surface area contributed by atoms with Crippen LogP contribution >= 0.6 is 0 Å². The Balaban J connectivity index is 2.22. The molecule has 1 atom stereocenters. The first-order valence-electron chi connectivity index (χ1n) is 6.24. The number of rotatable bonds is 0. The molecule has 0 saturated heterocycles. The Labute approximate surface area is 111 Å². The molecular formula is C14H18FNO3. The summed E-state index contributed by atoms with van der Waals surface area (Å²) in [5.41, 5.74) is 0.269. The summed E-state index contributed by atoms with van der Waals surface area (Å²) < 4.78 is 18.8. The molecule has 0 saturated carbocycles. The Morgan fingerprint density at radius 1 is 1.47 bits per heavy atom. The fourth-order valence-corrected chi connectivity index (χ4v) is 2.12. The van der Waals surface area contributed by atoms with Gasteiger partial charge in [-0.2, -0.15) is 0 Å². The number of ether oxygens (including phenoxy) is 1. The van der Waals surface area contributed by atoms with E-state index in [1.165, 1.54) is 17.0 Å². The second-order valence-electron chi connectivity index (χ2n) is 5.61. The van der Waals surface area contributed by atoms with Crippen LogP contribution in [0.25, 0.3) is 0 Å². The summed E-state index contributed by atoms with van der Waals surface area (Å²) in [6, 6.07) is 4.50. The Bertz CT molecular complexity index is 496. The molecule has 5 heteroatoms. The molecule has 0 aliphatic carbocycles. The summed E-state index contributed by atoms with van der Waals surface area (Å²) in [4.78, 5) is 13.2. The molecular weight excluding hydrogens is 249 g/mol. The third kappa shape index (κ3) is 2.87. The van der Waals surface area contributed by atoms with Crippen LogP contribution in [0.3, 0.4) is 0 Å². The lowest BCUT2D eigenvalue weighted by Crippen LogP contribution is -2.43. The molecule has 104 valence electrons. The molecule has 0 bridgehead atoms. The van der Waals surface area contributed by atoms with Crippen molar-refractivity contribution < 1.29 is 19.0 Å². The number of nitrogens with zero attached hydrogens (tertiary/aromatic N) is 1. The molecule has 1 unspecified atom stereocenters. The summed E-state index contributed by atoms with van der Waals surface area (Å²) in [5.74, 6) is -0.347.